The van der Waals surface area contributed by atoms with Gasteiger partial charge in [0.1, 0.15) is 11.3 Å². The number of carbonyl (C=O) groups excluding carboxylic acids is 1. The summed E-state index contributed by atoms with van der Waals surface area (Å²) in [6.45, 7) is 3.92. The normalized spacial score (nSPS) is 11.5. The smallest absolute Gasteiger partial charge is 0.337 e. The van der Waals surface area contributed by atoms with Crippen molar-refractivity contribution < 1.29 is 18.7 Å². The summed E-state index contributed by atoms with van der Waals surface area (Å²) < 4.78 is 19.8. The molecule has 9 nitrogen and oxygen atoms in total. The molecule has 0 radical (unpaired) electrons. The Morgan fingerprint density at radius 3 is 2.56 bits per heavy atom. The summed E-state index contributed by atoms with van der Waals surface area (Å²) >= 11 is 0. The van der Waals surface area contributed by atoms with Gasteiger partial charge in [0.15, 0.2) is 5.76 Å². The summed E-state index contributed by atoms with van der Waals surface area (Å²) in [4.78, 5) is 30.5. The van der Waals surface area contributed by atoms with Crippen LogP contribution in [0.3, 0.4) is 0 Å². The monoisotopic (exact) mass is 546 g/mol. The maximum absolute atomic E-state index is 13.7. The third-order valence-corrected chi connectivity index (χ3v) is 7.02. The molecule has 0 aliphatic rings. The number of methoxy groups -OCH3 is 2. The number of ether oxygens (including phenoxy) is 2. The third-order valence-electron chi connectivity index (χ3n) is 7.02. The number of aromatic nitrogens is 3. The number of nitrogens with zero attached hydrogens (tertiary/aromatic N) is 4. The molecule has 204 valence electrons. The van der Waals surface area contributed by atoms with Gasteiger partial charge in [0.2, 0.25) is 5.82 Å². The molecule has 0 saturated heterocycles. The molecule has 0 saturated carbocycles. The second kappa shape index (κ2) is 10.3. The number of hydrogen-bond acceptors (Lipinski definition) is 7. The number of benzene rings is 3. The Morgan fingerprint density at radius 1 is 0.951 bits per heavy atom. The van der Waals surface area contributed by atoms with Gasteiger partial charge in [-0.15, -0.1) is 0 Å². The van der Waals surface area contributed by atoms with E-state index in [0.29, 0.717) is 33.6 Å². The van der Waals surface area contributed by atoms with Crippen molar-refractivity contribution in [2.45, 2.75) is 13.8 Å². The molecule has 0 atom stereocenters. The second-order valence-electron chi connectivity index (χ2n) is 9.50. The Labute approximate surface area is 234 Å². The fourth-order valence-electron chi connectivity index (χ4n) is 5.04. The predicted octanol–water partition coefficient (Wildman–Crippen LogP) is 5.89. The summed E-state index contributed by atoms with van der Waals surface area (Å²) in [5, 5.41) is 5.82. The molecule has 41 heavy (non-hydrogen) atoms. The van der Waals surface area contributed by atoms with Crippen molar-refractivity contribution >= 4 is 34.1 Å². The molecule has 6 rings (SSSR count). The van der Waals surface area contributed by atoms with Gasteiger partial charge >= 0.3 is 5.97 Å². The zero-order valence-electron chi connectivity index (χ0n) is 22.9. The lowest BCUT2D eigenvalue weighted by molar-refractivity contribution is 0.0600. The molecule has 0 fully saturated rings. The molecule has 9 heteroatoms. The number of aryl methyl sites for hydroxylation is 1. The molecule has 0 bridgehead atoms. The van der Waals surface area contributed by atoms with E-state index in [4.69, 9.17) is 18.9 Å². The molecule has 3 heterocycles. The maximum Gasteiger partial charge on any atom is 0.337 e. The highest BCUT2D eigenvalue weighted by Gasteiger charge is 2.18. The van der Waals surface area contributed by atoms with Crippen LogP contribution in [0.4, 0.5) is 0 Å². The average Bonchev–Trinajstić information content (AvgIpc) is 3.56. The van der Waals surface area contributed by atoms with Crippen LogP contribution in [0, 0.1) is 13.8 Å². The minimum Gasteiger partial charge on any atom is -0.496 e. The van der Waals surface area contributed by atoms with Crippen molar-refractivity contribution in [2.75, 3.05) is 14.2 Å². The summed E-state index contributed by atoms with van der Waals surface area (Å²) in [5.74, 6) is 0.895. The number of furan rings is 1. The van der Waals surface area contributed by atoms with Crippen molar-refractivity contribution in [3.05, 3.63) is 112 Å². The van der Waals surface area contributed by atoms with Crippen LogP contribution in [0.1, 0.15) is 27.3 Å². The van der Waals surface area contributed by atoms with Crippen LogP contribution in [0.15, 0.2) is 93.2 Å². The van der Waals surface area contributed by atoms with Crippen LogP contribution < -0.4 is 10.3 Å². The van der Waals surface area contributed by atoms with Gasteiger partial charge in [0.25, 0.3) is 5.56 Å². The lowest BCUT2D eigenvalue weighted by Gasteiger charge is -2.11. The van der Waals surface area contributed by atoms with Crippen molar-refractivity contribution in [3.8, 4) is 23.0 Å². The average molecular weight is 547 g/mol. The molecule has 0 spiro atoms. The van der Waals surface area contributed by atoms with Crippen LogP contribution in [0.5, 0.6) is 5.75 Å². The highest BCUT2D eigenvalue weighted by Crippen LogP contribution is 2.33. The second-order valence-corrected chi connectivity index (χ2v) is 9.50. The number of rotatable bonds is 6. The van der Waals surface area contributed by atoms with Gasteiger partial charge in [0, 0.05) is 22.6 Å². The fourth-order valence-corrected chi connectivity index (χ4v) is 5.04. The SMILES string of the molecule is COC(=O)c1cccc(-n2c(C)cc(C=Nn3c(-c4cc5c(OC)cccc5o4)nc4ccccc4c3=O)c2C)c1. The highest BCUT2D eigenvalue weighted by atomic mass is 16.5. The van der Waals surface area contributed by atoms with Crippen LogP contribution in [-0.4, -0.2) is 40.6 Å². The molecule has 0 unspecified atom stereocenters. The maximum atomic E-state index is 13.7. The van der Waals surface area contributed by atoms with E-state index in [0.717, 1.165) is 28.0 Å². The van der Waals surface area contributed by atoms with Crippen LogP contribution in [0.2, 0.25) is 0 Å². The number of carbonyl (C=O) groups is 1. The number of esters is 1. The summed E-state index contributed by atoms with van der Waals surface area (Å²) in [6.07, 6.45) is 1.63. The van der Waals surface area contributed by atoms with E-state index in [1.807, 2.05) is 60.9 Å². The topological polar surface area (TPSA) is 101 Å². The minimum absolute atomic E-state index is 0.266. The van der Waals surface area contributed by atoms with Gasteiger partial charge < -0.3 is 18.5 Å². The van der Waals surface area contributed by atoms with E-state index in [-0.39, 0.29) is 11.4 Å². The van der Waals surface area contributed by atoms with Gasteiger partial charge in [-0.3, -0.25) is 4.79 Å². The van der Waals surface area contributed by atoms with Gasteiger partial charge in [-0.2, -0.15) is 9.78 Å². The molecular formula is C32H26N4O5. The number of hydrogen-bond donors (Lipinski definition) is 0. The van der Waals surface area contributed by atoms with Crippen molar-refractivity contribution in [1.29, 1.82) is 0 Å². The molecular weight excluding hydrogens is 520 g/mol. The highest BCUT2D eigenvalue weighted by molar-refractivity contribution is 5.90. The first-order chi connectivity index (χ1) is 19.9. The number of para-hydroxylation sites is 1. The summed E-state index contributed by atoms with van der Waals surface area (Å²) in [7, 11) is 2.95. The van der Waals surface area contributed by atoms with Crippen LogP contribution in [0.25, 0.3) is 39.1 Å². The first kappa shape index (κ1) is 25.8. The Hall–Kier alpha value is -5.44. The van der Waals surface area contributed by atoms with E-state index in [1.54, 1.807) is 49.7 Å². The molecule has 0 aliphatic heterocycles. The lowest BCUT2D eigenvalue weighted by atomic mass is 10.2. The zero-order valence-corrected chi connectivity index (χ0v) is 22.9. The molecule has 3 aromatic heterocycles. The van der Waals surface area contributed by atoms with Gasteiger partial charge in [-0.1, -0.05) is 24.3 Å². The van der Waals surface area contributed by atoms with Crippen LogP contribution >= 0.6 is 0 Å². The van der Waals surface area contributed by atoms with Gasteiger partial charge in [0.05, 0.1) is 42.3 Å². The van der Waals surface area contributed by atoms with E-state index >= 15 is 0 Å². The largest absolute Gasteiger partial charge is 0.496 e. The van der Waals surface area contributed by atoms with Crippen molar-refractivity contribution in [3.63, 3.8) is 0 Å². The van der Waals surface area contributed by atoms with E-state index in [9.17, 15) is 9.59 Å². The first-order valence-corrected chi connectivity index (χ1v) is 12.9. The molecule has 0 aliphatic carbocycles. The van der Waals surface area contributed by atoms with E-state index in [1.165, 1.54) is 11.8 Å². The third kappa shape index (κ3) is 4.47. The Bertz CT molecular complexity index is 2050. The molecule has 0 amide bonds. The summed E-state index contributed by atoms with van der Waals surface area (Å²) in [6, 6.07) is 23.6. The Balaban J connectivity index is 1.49. The Morgan fingerprint density at radius 2 is 1.76 bits per heavy atom. The minimum atomic E-state index is -0.407. The predicted molar refractivity (Wildman–Crippen MR) is 157 cm³/mol. The quantitative estimate of drug-likeness (QED) is 0.191. The standard InChI is InChI=1S/C32H26N4O5/c1-19-15-22(20(2)35(19)23-10-7-9-21(16-23)32(38)40-4)18-33-36-30(34-26-12-6-5-11-24(26)31(36)37)29-17-25-27(39-3)13-8-14-28(25)41-29/h5-18H,1-4H3. The van der Waals surface area contributed by atoms with Crippen LogP contribution in [-0.2, 0) is 4.74 Å². The lowest BCUT2D eigenvalue weighted by Crippen LogP contribution is -2.20. The fraction of sp³-hybridized carbons (Fsp3) is 0.125. The zero-order chi connectivity index (χ0) is 28.7. The Kier molecular flexibility index (Phi) is 6.47. The van der Waals surface area contributed by atoms with Gasteiger partial charge in [-0.05, 0) is 68.4 Å². The number of fused-ring (bicyclic) bond motifs is 2. The molecule has 3 aromatic carbocycles. The van der Waals surface area contributed by atoms with Gasteiger partial charge in [-0.25, -0.2) is 9.78 Å². The van der Waals surface area contributed by atoms with E-state index < -0.39 is 5.97 Å². The first-order valence-electron chi connectivity index (χ1n) is 12.9. The summed E-state index contributed by atoms with van der Waals surface area (Å²) in [5.41, 5.74) is 4.68. The van der Waals surface area contributed by atoms with E-state index in [2.05, 4.69) is 5.10 Å². The van der Waals surface area contributed by atoms with Crippen molar-refractivity contribution in [1.82, 2.24) is 14.2 Å². The van der Waals surface area contributed by atoms with Crippen molar-refractivity contribution in [2.24, 2.45) is 5.10 Å². The molecule has 6 aromatic rings. The molecule has 0 N–H and O–H groups in total.